The summed E-state index contributed by atoms with van der Waals surface area (Å²) in [6.45, 7) is 3.76. The number of hydrogen-bond acceptors (Lipinski definition) is 5. The number of rotatable bonds is 5. The van der Waals surface area contributed by atoms with E-state index in [1.165, 1.54) is 12.6 Å². The molecule has 1 fully saturated rings. The van der Waals surface area contributed by atoms with E-state index < -0.39 is 0 Å². The van der Waals surface area contributed by atoms with Gasteiger partial charge in [0, 0.05) is 18.8 Å². The van der Waals surface area contributed by atoms with Gasteiger partial charge in [0.05, 0.1) is 12.4 Å². The highest BCUT2D eigenvalue weighted by atomic mass is 16.5. The molecule has 1 N–H and O–H groups in total. The van der Waals surface area contributed by atoms with Crippen LogP contribution in [0.4, 0.5) is 11.5 Å². The number of benzene rings is 2. The molecule has 0 spiro atoms. The topological polar surface area (TPSA) is 67.4 Å². The van der Waals surface area contributed by atoms with Crippen molar-refractivity contribution in [1.82, 2.24) is 14.9 Å². The van der Waals surface area contributed by atoms with Crippen LogP contribution in [0.1, 0.15) is 30.3 Å². The van der Waals surface area contributed by atoms with Crippen LogP contribution in [0.15, 0.2) is 67.0 Å². The zero-order valence-electron chi connectivity index (χ0n) is 16.4. The first-order valence-electron chi connectivity index (χ1n) is 9.89. The first-order valence-corrected chi connectivity index (χ1v) is 9.89. The smallest absolute Gasteiger partial charge is 0.274 e. The second-order valence-electron chi connectivity index (χ2n) is 7.35. The summed E-state index contributed by atoms with van der Waals surface area (Å²) in [4.78, 5) is 23.1. The second kappa shape index (κ2) is 8.73. The van der Waals surface area contributed by atoms with Crippen LogP contribution >= 0.6 is 0 Å². The lowest BCUT2D eigenvalue weighted by Crippen LogP contribution is -2.39. The van der Waals surface area contributed by atoms with Crippen LogP contribution in [-0.2, 0) is 0 Å². The number of carbonyl (C=O) groups excluding carboxylic acids is 1. The number of amides is 1. The number of carbonyl (C=O) groups is 1. The molecule has 6 heteroatoms. The molecule has 0 bridgehead atoms. The second-order valence-corrected chi connectivity index (χ2v) is 7.35. The zero-order chi connectivity index (χ0) is 20.1. The van der Waals surface area contributed by atoms with Crippen molar-refractivity contribution >= 4 is 17.4 Å². The minimum absolute atomic E-state index is 0.0435. The summed E-state index contributed by atoms with van der Waals surface area (Å²) in [7, 11) is 0. The Morgan fingerprint density at radius 2 is 1.79 bits per heavy atom. The van der Waals surface area contributed by atoms with Gasteiger partial charge in [0.1, 0.15) is 23.0 Å². The number of anilines is 2. The van der Waals surface area contributed by atoms with Crippen molar-refractivity contribution in [2.24, 2.45) is 5.92 Å². The van der Waals surface area contributed by atoms with Gasteiger partial charge in [0.25, 0.3) is 5.91 Å². The number of aromatic nitrogens is 2. The molecule has 0 saturated carbocycles. The van der Waals surface area contributed by atoms with E-state index in [0.717, 1.165) is 36.7 Å². The largest absolute Gasteiger partial charge is 0.457 e. The van der Waals surface area contributed by atoms with Crippen LogP contribution in [0.2, 0.25) is 0 Å². The maximum Gasteiger partial charge on any atom is 0.274 e. The van der Waals surface area contributed by atoms with Gasteiger partial charge in [-0.3, -0.25) is 4.79 Å². The van der Waals surface area contributed by atoms with E-state index >= 15 is 0 Å². The molecule has 4 rings (SSSR count). The fraction of sp³-hybridized carbons (Fsp3) is 0.261. The summed E-state index contributed by atoms with van der Waals surface area (Å²) in [5.74, 6) is 2.63. The van der Waals surface area contributed by atoms with Gasteiger partial charge < -0.3 is 15.0 Å². The van der Waals surface area contributed by atoms with Gasteiger partial charge in [-0.15, -0.1) is 0 Å². The summed E-state index contributed by atoms with van der Waals surface area (Å²) in [5, 5.41) is 3.19. The summed E-state index contributed by atoms with van der Waals surface area (Å²) in [6.07, 6.45) is 5.35. The van der Waals surface area contributed by atoms with E-state index in [1.807, 2.05) is 59.5 Å². The molecule has 1 aliphatic heterocycles. The highest BCUT2D eigenvalue weighted by Crippen LogP contribution is 2.24. The number of hydrogen-bond donors (Lipinski definition) is 1. The number of nitrogens with one attached hydrogen (secondary N) is 1. The SMILES string of the molecule is CC1CCCN(C(=O)c2cnc(Nc3ccc(Oc4ccccc4)cc3)cn2)C1. The standard InChI is InChI=1S/C23H24N4O2/c1-17-6-5-13-27(16-17)23(28)21-14-25-22(15-24-21)26-18-9-11-20(12-10-18)29-19-7-3-2-4-8-19/h2-4,7-12,14-15,17H,5-6,13,16H2,1H3,(H,25,26). The third kappa shape index (κ3) is 4.90. The molecule has 3 aromatic rings. The zero-order valence-corrected chi connectivity index (χ0v) is 16.4. The number of piperidine rings is 1. The molecular weight excluding hydrogens is 364 g/mol. The predicted octanol–water partition coefficient (Wildman–Crippen LogP) is 4.88. The van der Waals surface area contributed by atoms with Gasteiger partial charge in [-0.2, -0.15) is 0 Å². The fourth-order valence-corrected chi connectivity index (χ4v) is 3.42. The number of nitrogens with zero attached hydrogens (tertiary/aromatic N) is 3. The fourth-order valence-electron chi connectivity index (χ4n) is 3.42. The van der Waals surface area contributed by atoms with E-state index in [0.29, 0.717) is 17.4 Å². The molecule has 29 heavy (non-hydrogen) atoms. The molecular formula is C23H24N4O2. The van der Waals surface area contributed by atoms with Gasteiger partial charge in [-0.05, 0) is 55.2 Å². The molecule has 2 heterocycles. The Labute approximate surface area is 170 Å². The number of para-hydroxylation sites is 1. The van der Waals surface area contributed by atoms with Gasteiger partial charge >= 0.3 is 0 Å². The Balaban J connectivity index is 1.36. The maximum atomic E-state index is 12.6. The van der Waals surface area contributed by atoms with E-state index in [1.54, 1.807) is 6.20 Å². The molecule has 148 valence electrons. The van der Waals surface area contributed by atoms with Crippen LogP contribution in [0.5, 0.6) is 11.5 Å². The summed E-state index contributed by atoms with van der Waals surface area (Å²) >= 11 is 0. The van der Waals surface area contributed by atoms with Crippen LogP contribution in [0, 0.1) is 5.92 Å². The average molecular weight is 388 g/mol. The monoisotopic (exact) mass is 388 g/mol. The van der Waals surface area contributed by atoms with E-state index in [9.17, 15) is 4.79 Å². The normalized spacial score (nSPS) is 16.3. The van der Waals surface area contributed by atoms with Crippen molar-refractivity contribution < 1.29 is 9.53 Å². The van der Waals surface area contributed by atoms with Gasteiger partial charge in [0.15, 0.2) is 0 Å². The Morgan fingerprint density at radius 3 is 2.48 bits per heavy atom. The third-order valence-electron chi connectivity index (χ3n) is 4.92. The van der Waals surface area contributed by atoms with Gasteiger partial charge in [-0.1, -0.05) is 25.1 Å². The van der Waals surface area contributed by atoms with E-state index in [4.69, 9.17) is 4.74 Å². The van der Waals surface area contributed by atoms with Crippen molar-refractivity contribution in [3.63, 3.8) is 0 Å². The van der Waals surface area contributed by atoms with Gasteiger partial charge in [0.2, 0.25) is 0 Å². The lowest BCUT2D eigenvalue weighted by atomic mass is 10.0. The van der Waals surface area contributed by atoms with Gasteiger partial charge in [-0.25, -0.2) is 9.97 Å². The first-order chi connectivity index (χ1) is 14.2. The maximum absolute atomic E-state index is 12.6. The molecule has 1 aliphatic rings. The minimum Gasteiger partial charge on any atom is -0.457 e. The molecule has 2 aromatic carbocycles. The van der Waals surface area contributed by atoms with E-state index in [-0.39, 0.29) is 5.91 Å². The third-order valence-corrected chi connectivity index (χ3v) is 4.92. The number of ether oxygens (including phenoxy) is 1. The quantitative estimate of drug-likeness (QED) is 0.674. The Morgan fingerprint density at radius 1 is 1.03 bits per heavy atom. The number of likely N-dealkylation sites (tertiary alicyclic amines) is 1. The predicted molar refractivity (Wildman–Crippen MR) is 113 cm³/mol. The Kier molecular flexibility index (Phi) is 5.70. The van der Waals surface area contributed by atoms with Crippen molar-refractivity contribution in [1.29, 1.82) is 0 Å². The summed E-state index contributed by atoms with van der Waals surface area (Å²) in [6, 6.07) is 17.2. The van der Waals surface area contributed by atoms with Crippen molar-refractivity contribution in [2.75, 3.05) is 18.4 Å². The Hall–Kier alpha value is -3.41. The van der Waals surface area contributed by atoms with Crippen molar-refractivity contribution in [2.45, 2.75) is 19.8 Å². The highest BCUT2D eigenvalue weighted by molar-refractivity contribution is 5.92. The molecule has 1 amide bonds. The lowest BCUT2D eigenvalue weighted by Gasteiger charge is -2.30. The van der Waals surface area contributed by atoms with Crippen molar-refractivity contribution in [3.8, 4) is 11.5 Å². The van der Waals surface area contributed by atoms with E-state index in [2.05, 4.69) is 22.2 Å². The minimum atomic E-state index is -0.0435. The van der Waals surface area contributed by atoms with Crippen LogP contribution in [-0.4, -0.2) is 33.9 Å². The molecule has 6 nitrogen and oxygen atoms in total. The summed E-state index contributed by atoms with van der Waals surface area (Å²) < 4.78 is 5.79. The lowest BCUT2D eigenvalue weighted by molar-refractivity contribution is 0.0676. The van der Waals surface area contributed by atoms with Crippen LogP contribution < -0.4 is 10.1 Å². The Bertz CT molecular complexity index is 943. The summed E-state index contributed by atoms with van der Waals surface area (Å²) in [5.41, 5.74) is 1.25. The highest BCUT2D eigenvalue weighted by Gasteiger charge is 2.23. The molecule has 1 saturated heterocycles. The molecule has 0 aliphatic carbocycles. The van der Waals surface area contributed by atoms with Crippen molar-refractivity contribution in [3.05, 3.63) is 72.7 Å². The van der Waals surface area contributed by atoms with Crippen LogP contribution in [0.25, 0.3) is 0 Å². The molecule has 1 aromatic heterocycles. The molecule has 1 atom stereocenters. The van der Waals surface area contributed by atoms with Crippen LogP contribution in [0.3, 0.4) is 0 Å². The first kappa shape index (κ1) is 18.9. The molecule has 1 unspecified atom stereocenters. The average Bonchev–Trinajstić information content (AvgIpc) is 2.76. The molecule has 0 radical (unpaired) electrons.